The molecular formula is C16H21N7. The first-order valence-electron chi connectivity index (χ1n) is 8.12. The SMILES string of the molecule is c1cn2cnnc2c(N2CCC[C@H](CNCc3cc[nH]c3)C2)n1. The van der Waals surface area contributed by atoms with E-state index in [4.69, 9.17) is 0 Å². The van der Waals surface area contributed by atoms with Crippen molar-refractivity contribution in [1.29, 1.82) is 0 Å². The summed E-state index contributed by atoms with van der Waals surface area (Å²) in [6, 6.07) is 2.11. The number of nitrogens with zero attached hydrogens (tertiary/aromatic N) is 5. The Kier molecular flexibility index (Phi) is 3.94. The number of hydrogen-bond acceptors (Lipinski definition) is 5. The van der Waals surface area contributed by atoms with Crippen LogP contribution in [0.25, 0.3) is 5.65 Å². The second-order valence-corrected chi connectivity index (χ2v) is 6.12. The third-order valence-electron chi connectivity index (χ3n) is 4.44. The highest BCUT2D eigenvalue weighted by Gasteiger charge is 2.22. The standard InChI is InChI=1S/C16H21N7/c1-2-14(10-18-9-13-3-4-17-8-13)11-22(6-1)15-16-21-20-12-23(16)7-5-19-15/h3-5,7-8,12,14,17-18H,1-2,6,9-11H2/t14-/m1/s1. The van der Waals surface area contributed by atoms with E-state index < -0.39 is 0 Å². The molecule has 1 aliphatic heterocycles. The van der Waals surface area contributed by atoms with Gasteiger partial charge in [-0.2, -0.15) is 0 Å². The molecule has 0 amide bonds. The largest absolute Gasteiger partial charge is 0.367 e. The van der Waals surface area contributed by atoms with E-state index in [1.54, 1.807) is 6.33 Å². The van der Waals surface area contributed by atoms with Gasteiger partial charge in [0.2, 0.25) is 5.65 Å². The predicted octanol–water partition coefficient (Wildman–Crippen LogP) is 1.46. The molecular weight excluding hydrogens is 290 g/mol. The fraction of sp³-hybridized carbons (Fsp3) is 0.438. The first kappa shape index (κ1) is 14.2. The number of piperidine rings is 1. The molecule has 2 N–H and O–H groups in total. The first-order chi connectivity index (χ1) is 11.4. The molecule has 0 bridgehead atoms. The van der Waals surface area contributed by atoms with Crippen molar-refractivity contribution < 1.29 is 0 Å². The number of anilines is 1. The number of hydrogen-bond donors (Lipinski definition) is 2. The van der Waals surface area contributed by atoms with Gasteiger partial charge in [-0.3, -0.25) is 4.40 Å². The molecule has 4 heterocycles. The summed E-state index contributed by atoms with van der Waals surface area (Å²) in [5.41, 5.74) is 2.14. The van der Waals surface area contributed by atoms with E-state index in [0.29, 0.717) is 5.92 Å². The van der Waals surface area contributed by atoms with Crippen molar-refractivity contribution in [3.8, 4) is 0 Å². The molecule has 1 atom stereocenters. The Labute approximate surface area is 134 Å². The minimum atomic E-state index is 0.632. The number of aromatic nitrogens is 5. The van der Waals surface area contributed by atoms with Crippen molar-refractivity contribution in [2.75, 3.05) is 24.5 Å². The lowest BCUT2D eigenvalue weighted by atomic mass is 9.98. The highest BCUT2D eigenvalue weighted by Crippen LogP contribution is 2.23. The van der Waals surface area contributed by atoms with Gasteiger partial charge in [0.1, 0.15) is 6.33 Å². The summed E-state index contributed by atoms with van der Waals surface area (Å²) in [6.45, 7) is 3.99. The van der Waals surface area contributed by atoms with Crippen LogP contribution in [0.1, 0.15) is 18.4 Å². The fourth-order valence-electron chi connectivity index (χ4n) is 3.28. The second-order valence-electron chi connectivity index (χ2n) is 6.12. The Morgan fingerprint density at radius 2 is 2.39 bits per heavy atom. The van der Waals surface area contributed by atoms with Crippen LogP contribution in [0, 0.1) is 5.92 Å². The molecule has 0 aromatic carbocycles. The minimum absolute atomic E-state index is 0.632. The highest BCUT2D eigenvalue weighted by atomic mass is 15.3. The zero-order chi connectivity index (χ0) is 15.5. The van der Waals surface area contributed by atoms with E-state index in [2.05, 4.69) is 36.4 Å². The summed E-state index contributed by atoms with van der Waals surface area (Å²) in [5.74, 6) is 1.58. The van der Waals surface area contributed by atoms with Gasteiger partial charge in [0, 0.05) is 44.4 Å². The fourth-order valence-corrected chi connectivity index (χ4v) is 3.28. The Morgan fingerprint density at radius 3 is 3.30 bits per heavy atom. The van der Waals surface area contributed by atoms with Gasteiger partial charge in [-0.05, 0) is 36.9 Å². The molecule has 1 aliphatic rings. The third-order valence-corrected chi connectivity index (χ3v) is 4.44. The lowest BCUT2D eigenvalue weighted by molar-refractivity contribution is 0.390. The van der Waals surface area contributed by atoms with Crippen molar-refractivity contribution >= 4 is 11.5 Å². The van der Waals surface area contributed by atoms with E-state index in [1.165, 1.54) is 18.4 Å². The Balaban J connectivity index is 1.40. The van der Waals surface area contributed by atoms with Crippen LogP contribution >= 0.6 is 0 Å². The summed E-state index contributed by atoms with van der Waals surface area (Å²) < 4.78 is 1.93. The molecule has 1 fully saturated rings. The summed E-state index contributed by atoms with van der Waals surface area (Å²) >= 11 is 0. The summed E-state index contributed by atoms with van der Waals surface area (Å²) in [4.78, 5) is 9.97. The molecule has 1 saturated heterocycles. The number of nitrogens with one attached hydrogen (secondary N) is 2. The Morgan fingerprint density at radius 1 is 1.39 bits per heavy atom. The monoisotopic (exact) mass is 311 g/mol. The maximum absolute atomic E-state index is 4.54. The normalized spacial score (nSPS) is 18.6. The predicted molar refractivity (Wildman–Crippen MR) is 88.2 cm³/mol. The molecule has 0 unspecified atom stereocenters. The number of aromatic amines is 1. The number of rotatable bonds is 5. The summed E-state index contributed by atoms with van der Waals surface area (Å²) in [7, 11) is 0. The molecule has 7 heteroatoms. The zero-order valence-electron chi connectivity index (χ0n) is 13.0. The van der Waals surface area contributed by atoms with Gasteiger partial charge < -0.3 is 15.2 Å². The summed E-state index contributed by atoms with van der Waals surface area (Å²) in [6.07, 6.45) is 11.9. The average molecular weight is 311 g/mol. The van der Waals surface area contributed by atoms with E-state index >= 15 is 0 Å². The molecule has 23 heavy (non-hydrogen) atoms. The smallest absolute Gasteiger partial charge is 0.203 e. The number of H-pyrrole nitrogens is 1. The van der Waals surface area contributed by atoms with Crippen molar-refractivity contribution in [2.45, 2.75) is 19.4 Å². The first-order valence-corrected chi connectivity index (χ1v) is 8.12. The van der Waals surface area contributed by atoms with Gasteiger partial charge in [-0.1, -0.05) is 0 Å². The highest BCUT2D eigenvalue weighted by molar-refractivity contribution is 5.63. The van der Waals surface area contributed by atoms with Crippen molar-refractivity contribution in [2.24, 2.45) is 5.92 Å². The molecule has 0 saturated carbocycles. The van der Waals surface area contributed by atoms with Crippen LogP contribution in [0.5, 0.6) is 0 Å². The lowest BCUT2D eigenvalue weighted by Gasteiger charge is -2.33. The van der Waals surface area contributed by atoms with Gasteiger partial charge in [0.15, 0.2) is 5.82 Å². The van der Waals surface area contributed by atoms with Crippen molar-refractivity contribution in [3.63, 3.8) is 0 Å². The van der Waals surface area contributed by atoms with E-state index in [-0.39, 0.29) is 0 Å². The maximum atomic E-state index is 4.54. The van der Waals surface area contributed by atoms with Gasteiger partial charge in [0.05, 0.1) is 0 Å². The average Bonchev–Trinajstić information content (AvgIpc) is 3.26. The Bertz CT molecular complexity index is 749. The molecule has 4 rings (SSSR count). The number of fused-ring (bicyclic) bond motifs is 1. The summed E-state index contributed by atoms with van der Waals surface area (Å²) in [5, 5.41) is 11.8. The molecule has 3 aromatic rings. The molecule has 7 nitrogen and oxygen atoms in total. The van der Waals surface area contributed by atoms with Crippen LogP contribution in [0.3, 0.4) is 0 Å². The van der Waals surface area contributed by atoms with Crippen LogP contribution in [-0.4, -0.2) is 44.2 Å². The van der Waals surface area contributed by atoms with E-state index in [9.17, 15) is 0 Å². The molecule has 0 spiro atoms. The quantitative estimate of drug-likeness (QED) is 0.746. The van der Waals surface area contributed by atoms with Crippen LogP contribution in [0.15, 0.2) is 37.2 Å². The third kappa shape index (κ3) is 3.05. The molecule has 3 aromatic heterocycles. The van der Waals surface area contributed by atoms with E-state index in [1.807, 2.05) is 29.2 Å². The van der Waals surface area contributed by atoms with Crippen LogP contribution < -0.4 is 10.2 Å². The molecule has 0 aliphatic carbocycles. The van der Waals surface area contributed by atoms with Crippen molar-refractivity contribution in [1.82, 2.24) is 29.9 Å². The molecule has 0 radical (unpaired) electrons. The van der Waals surface area contributed by atoms with Gasteiger partial charge in [-0.15, -0.1) is 10.2 Å². The second kappa shape index (κ2) is 6.37. The molecule has 120 valence electrons. The van der Waals surface area contributed by atoms with Gasteiger partial charge >= 0.3 is 0 Å². The zero-order valence-corrected chi connectivity index (χ0v) is 13.0. The maximum Gasteiger partial charge on any atom is 0.203 e. The van der Waals surface area contributed by atoms with Gasteiger partial charge in [0.25, 0.3) is 0 Å². The van der Waals surface area contributed by atoms with Crippen LogP contribution in [-0.2, 0) is 6.54 Å². The van der Waals surface area contributed by atoms with Crippen LogP contribution in [0.4, 0.5) is 5.82 Å². The van der Waals surface area contributed by atoms with Crippen LogP contribution in [0.2, 0.25) is 0 Å². The topological polar surface area (TPSA) is 74.1 Å². The Hall–Kier alpha value is -2.41. The lowest BCUT2D eigenvalue weighted by Crippen LogP contribution is -2.40. The van der Waals surface area contributed by atoms with E-state index in [0.717, 1.165) is 37.6 Å². The van der Waals surface area contributed by atoms with Crippen molar-refractivity contribution in [3.05, 3.63) is 42.7 Å². The minimum Gasteiger partial charge on any atom is -0.367 e. The van der Waals surface area contributed by atoms with Gasteiger partial charge in [-0.25, -0.2) is 4.98 Å².